The van der Waals surface area contributed by atoms with Gasteiger partial charge in [-0.05, 0) is 54.8 Å². The van der Waals surface area contributed by atoms with E-state index >= 15 is 0 Å². The number of hydrogen-bond acceptors (Lipinski definition) is 3. The van der Waals surface area contributed by atoms with E-state index in [4.69, 9.17) is 23.2 Å². The first-order chi connectivity index (χ1) is 16.7. The van der Waals surface area contributed by atoms with Gasteiger partial charge in [0.2, 0.25) is 5.91 Å². The maximum atomic E-state index is 12.9. The zero-order valence-corrected chi connectivity index (χ0v) is 21.2. The molecule has 3 amide bonds. The molecule has 0 saturated carbocycles. The van der Waals surface area contributed by atoms with Gasteiger partial charge in [-0.1, -0.05) is 71.7 Å². The van der Waals surface area contributed by atoms with E-state index in [1.54, 1.807) is 35.2 Å². The van der Waals surface area contributed by atoms with Crippen LogP contribution in [0.2, 0.25) is 10.0 Å². The van der Waals surface area contributed by atoms with Gasteiger partial charge in [-0.15, -0.1) is 0 Å². The SMILES string of the molecule is CC(C)N(CC(O)c1ccc(Cl)c(Cl)c1)C(=O)Nc1ccc(CNC(=O)Cc2ccccc2)cc1. The number of hydrogen-bond donors (Lipinski definition) is 3. The Morgan fingerprint density at radius 2 is 1.60 bits per heavy atom. The molecule has 3 aromatic rings. The normalized spacial score (nSPS) is 11.7. The Bertz CT molecular complexity index is 1140. The van der Waals surface area contributed by atoms with E-state index < -0.39 is 6.10 Å². The van der Waals surface area contributed by atoms with Gasteiger partial charge in [0.05, 0.1) is 29.1 Å². The first-order valence-corrected chi connectivity index (χ1v) is 12.1. The minimum absolute atomic E-state index is 0.0540. The molecule has 3 aromatic carbocycles. The fourth-order valence-corrected chi connectivity index (χ4v) is 3.79. The lowest BCUT2D eigenvalue weighted by Gasteiger charge is -2.29. The zero-order valence-electron chi connectivity index (χ0n) is 19.7. The van der Waals surface area contributed by atoms with Crippen molar-refractivity contribution < 1.29 is 14.7 Å². The quantitative estimate of drug-likeness (QED) is 0.336. The van der Waals surface area contributed by atoms with Gasteiger partial charge >= 0.3 is 6.03 Å². The number of amides is 3. The number of rotatable bonds is 9. The molecule has 0 bridgehead atoms. The summed E-state index contributed by atoms with van der Waals surface area (Å²) in [5.74, 6) is -0.0540. The molecule has 0 radical (unpaired) electrons. The minimum Gasteiger partial charge on any atom is -0.387 e. The average molecular weight is 514 g/mol. The number of halogens is 2. The first kappa shape index (κ1) is 26.5. The van der Waals surface area contributed by atoms with Crippen LogP contribution in [0.1, 0.15) is 36.6 Å². The van der Waals surface area contributed by atoms with E-state index in [-0.39, 0.29) is 24.5 Å². The number of aliphatic hydroxyl groups excluding tert-OH is 1. The van der Waals surface area contributed by atoms with Gasteiger partial charge in [-0.2, -0.15) is 0 Å². The van der Waals surface area contributed by atoms with E-state index in [1.807, 2.05) is 56.3 Å². The van der Waals surface area contributed by atoms with E-state index in [0.717, 1.165) is 11.1 Å². The molecule has 0 spiro atoms. The molecule has 0 aliphatic heterocycles. The number of urea groups is 1. The van der Waals surface area contributed by atoms with E-state index in [0.29, 0.717) is 34.3 Å². The van der Waals surface area contributed by atoms with Crippen molar-refractivity contribution in [2.24, 2.45) is 0 Å². The maximum absolute atomic E-state index is 12.9. The van der Waals surface area contributed by atoms with Crippen LogP contribution in [0.3, 0.4) is 0 Å². The number of carbonyl (C=O) groups is 2. The monoisotopic (exact) mass is 513 g/mol. The van der Waals surface area contributed by atoms with E-state index in [1.165, 1.54) is 0 Å². The molecule has 0 aliphatic rings. The van der Waals surface area contributed by atoms with Crippen molar-refractivity contribution in [2.45, 2.75) is 39.0 Å². The minimum atomic E-state index is -0.917. The Balaban J connectivity index is 1.54. The molecular formula is C27H29Cl2N3O3. The Kier molecular flexibility index (Phi) is 9.55. The van der Waals surface area contributed by atoms with Gasteiger partial charge < -0.3 is 20.6 Å². The van der Waals surface area contributed by atoms with Crippen molar-refractivity contribution in [3.05, 3.63) is 99.5 Å². The zero-order chi connectivity index (χ0) is 25.4. The molecule has 1 atom stereocenters. The third kappa shape index (κ3) is 7.99. The molecular weight excluding hydrogens is 485 g/mol. The highest BCUT2D eigenvalue weighted by molar-refractivity contribution is 6.42. The van der Waals surface area contributed by atoms with Crippen LogP contribution in [0.15, 0.2) is 72.8 Å². The first-order valence-electron chi connectivity index (χ1n) is 11.3. The van der Waals surface area contributed by atoms with Gasteiger partial charge in [0.1, 0.15) is 0 Å². The Labute approximate surface area is 215 Å². The molecule has 0 fully saturated rings. The predicted octanol–water partition coefficient (Wildman–Crippen LogP) is 5.83. The third-order valence-corrected chi connectivity index (χ3v) is 6.22. The maximum Gasteiger partial charge on any atom is 0.322 e. The van der Waals surface area contributed by atoms with Crippen LogP contribution >= 0.6 is 23.2 Å². The van der Waals surface area contributed by atoms with Crippen LogP contribution in [-0.2, 0) is 17.8 Å². The van der Waals surface area contributed by atoms with Crippen molar-refractivity contribution >= 4 is 40.8 Å². The Morgan fingerprint density at radius 1 is 0.914 bits per heavy atom. The highest BCUT2D eigenvalue weighted by atomic mass is 35.5. The van der Waals surface area contributed by atoms with Crippen LogP contribution in [0.4, 0.5) is 10.5 Å². The van der Waals surface area contributed by atoms with E-state index in [2.05, 4.69) is 10.6 Å². The van der Waals surface area contributed by atoms with Crippen LogP contribution in [0.25, 0.3) is 0 Å². The van der Waals surface area contributed by atoms with Crippen LogP contribution < -0.4 is 10.6 Å². The lowest BCUT2D eigenvalue weighted by Crippen LogP contribution is -2.42. The summed E-state index contributed by atoms with van der Waals surface area (Å²) in [6, 6.07) is 21.3. The van der Waals surface area contributed by atoms with Crippen molar-refractivity contribution in [1.29, 1.82) is 0 Å². The van der Waals surface area contributed by atoms with Crippen molar-refractivity contribution in [1.82, 2.24) is 10.2 Å². The molecule has 0 heterocycles. The van der Waals surface area contributed by atoms with Gasteiger partial charge in [0.25, 0.3) is 0 Å². The molecule has 0 aromatic heterocycles. The summed E-state index contributed by atoms with van der Waals surface area (Å²) in [7, 11) is 0. The topological polar surface area (TPSA) is 81.7 Å². The van der Waals surface area contributed by atoms with Gasteiger partial charge in [-0.25, -0.2) is 4.79 Å². The second-order valence-corrected chi connectivity index (χ2v) is 9.32. The standard InChI is InChI=1S/C27H29Cl2N3O3/c1-18(2)32(17-25(33)21-10-13-23(28)24(29)15-21)27(35)31-22-11-8-20(9-12-22)16-30-26(34)14-19-6-4-3-5-7-19/h3-13,15,18,25,33H,14,16-17H2,1-2H3,(H,30,34)(H,31,35). The summed E-state index contributed by atoms with van der Waals surface area (Å²) in [6.07, 6.45) is -0.589. The third-order valence-electron chi connectivity index (χ3n) is 5.48. The summed E-state index contributed by atoms with van der Waals surface area (Å²) in [5.41, 5.74) is 3.07. The van der Waals surface area contributed by atoms with Crippen LogP contribution in [-0.4, -0.2) is 34.5 Å². The second kappa shape index (κ2) is 12.6. The number of benzene rings is 3. The van der Waals surface area contributed by atoms with Crippen molar-refractivity contribution in [3.63, 3.8) is 0 Å². The van der Waals surface area contributed by atoms with Gasteiger partial charge in [0.15, 0.2) is 0 Å². The van der Waals surface area contributed by atoms with Crippen molar-refractivity contribution in [2.75, 3.05) is 11.9 Å². The summed E-state index contributed by atoms with van der Waals surface area (Å²) < 4.78 is 0. The predicted molar refractivity (Wildman–Crippen MR) is 141 cm³/mol. The fraction of sp³-hybridized carbons (Fsp3) is 0.259. The molecule has 35 heavy (non-hydrogen) atoms. The summed E-state index contributed by atoms with van der Waals surface area (Å²) in [4.78, 5) is 26.6. The summed E-state index contributed by atoms with van der Waals surface area (Å²) in [6.45, 7) is 4.24. The van der Waals surface area contributed by atoms with Gasteiger partial charge in [-0.3, -0.25) is 4.79 Å². The lowest BCUT2D eigenvalue weighted by atomic mass is 10.1. The molecule has 184 valence electrons. The number of anilines is 1. The largest absolute Gasteiger partial charge is 0.387 e. The smallest absolute Gasteiger partial charge is 0.322 e. The van der Waals surface area contributed by atoms with E-state index in [9.17, 15) is 14.7 Å². The summed E-state index contributed by atoms with van der Waals surface area (Å²) >= 11 is 12.0. The fourth-order valence-electron chi connectivity index (χ4n) is 3.49. The molecule has 3 N–H and O–H groups in total. The lowest BCUT2D eigenvalue weighted by molar-refractivity contribution is -0.120. The van der Waals surface area contributed by atoms with Crippen LogP contribution in [0.5, 0.6) is 0 Å². The average Bonchev–Trinajstić information content (AvgIpc) is 2.84. The number of aliphatic hydroxyl groups is 1. The number of nitrogens with one attached hydrogen (secondary N) is 2. The molecule has 6 nitrogen and oxygen atoms in total. The molecule has 1 unspecified atom stereocenters. The second-order valence-electron chi connectivity index (χ2n) is 8.50. The molecule has 8 heteroatoms. The number of carbonyl (C=O) groups excluding carboxylic acids is 2. The highest BCUT2D eigenvalue weighted by Crippen LogP contribution is 2.26. The van der Waals surface area contributed by atoms with Crippen molar-refractivity contribution in [3.8, 4) is 0 Å². The number of nitrogens with zero attached hydrogens (tertiary/aromatic N) is 1. The molecule has 0 aliphatic carbocycles. The molecule has 0 saturated heterocycles. The van der Waals surface area contributed by atoms with Crippen LogP contribution in [0, 0.1) is 0 Å². The van der Waals surface area contributed by atoms with Gasteiger partial charge in [0, 0.05) is 18.3 Å². The highest BCUT2D eigenvalue weighted by Gasteiger charge is 2.22. The molecule has 3 rings (SSSR count). The Morgan fingerprint density at radius 3 is 2.23 bits per heavy atom. The summed E-state index contributed by atoms with van der Waals surface area (Å²) in [5, 5.41) is 17.2. The Hall–Kier alpha value is -3.06.